The predicted octanol–water partition coefficient (Wildman–Crippen LogP) is 2.45. The number of nitrogens with zero attached hydrogens (tertiary/aromatic N) is 2. The first-order chi connectivity index (χ1) is 10.4. The molecule has 1 aliphatic heterocycles. The van der Waals surface area contributed by atoms with E-state index in [-0.39, 0.29) is 18.4 Å². The van der Waals surface area contributed by atoms with Crippen LogP contribution in [-0.4, -0.2) is 60.1 Å². The minimum absolute atomic E-state index is 0.0176. The highest BCUT2D eigenvalue weighted by Crippen LogP contribution is 2.24. The van der Waals surface area contributed by atoms with Gasteiger partial charge >= 0.3 is 0 Å². The van der Waals surface area contributed by atoms with Gasteiger partial charge in [0.2, 0.25) is 5.91 Å². The summed E-state index contributed by atoms with van der Waals surface area (Å²) in [4.78, 5) is 16.4. The van der Waals surface area contributed by atoms with Crippen molar-refractivity contribution in [2.45, 2.75) is 31.4 Å². The third-order valence-electron chi connectivity index (χ3n) is 3.96. The smallest absolute Gasteiger partial charge is 0.227 e. The first-order valence-corrected chi connectivity index (χ1v) is 8.20. The number of halogens is 2. The maximum Gasteiger partial charge on any atom is 0.227 e. The number of aliphatic hydroxyl groups is 1. The third-order valence-corrected chi connectivity index (χ3v) is 4.69. The van der Waals surface area contributed by atoms with Crippen LogP contribution in [0.5, 0.6) is 0 Å². The summed E-state index contributed by atoms with van der Waals surface area (Å²) in [6.07, 6.45) is 1.38. The molecule has 1 N–H and O–H groups in total. The lowest BCUT2D eigenvalue weighted by Gasteiger charge is -2.40. The largest absolute Gasteiger partial charge is 0.391 e. The highest BCUT2D eigenvalue weighted by atomic mass is 35.5. The lowest BCUT2D eigenvalue weighted by molar-refractivity contribution is -0.138. The van der Waals surface area contributed by atoms with E-state index >= 15 is 0 Å². The molecule has 22 heavy (non-hydrogen) atoms. The Kier molecular flexibility index (Phi) is 6.09. The molecule has 6 heteroatoms. The number of piperidine rings is 1. The van der Waals surface area contributed by atoms with Gasteiger partial charge in [-0.3, -0.25) is 4.79 Å². The summed E-state index contributed by atoms with van der Waals surface area (Å²) in [5.74, 6) is 0.0176. The molecule has 0 radical (unpaired) electrons. The van der Waals surface area contributed by atoms with Gasteiger partial charge in [0.25, 0.3) is 0 Å². The fourth-order valence-electron chi connectivity index (χ4n) is 2.87. The first-order valence-electron chi connectivity index (χ1n) is 7.44. The van der Waals surface area contributed by atoms with Crippen LogP contribution in [-0.2, 0) is 11.2 Å². The molecule has 4 nitrogen and oxygen atoms in total. The number of hydrogen-bond donors (Lipinski definition) is 1. The van der Waals surface area contributed by atoms with Crippen molar-refractivity contribution >= 4 is 29.1 Å². The number of hydrogen-bond acceptors (Lipinski definition) is 3. The molecule has 1 aromatic rings. The van der Waals surface area contributed by atoms with E-state index in [2.05, 4.69) is 0 Å². The van der Waals surface area contributed by atoms with Crippen molar-refractivity contribution in [1.29, 1.82) is 0 Å². The van der Waals surface area contributed by atoms with Gasteiger partial charge in [-0.2, -0.15) is 0 Å². The van der Waals surface area contributed by atoms with E-state index in [9.17, 15) is 9.90 Å². The second-order valence-electron chi connectivity index (χ2n) is 6.05. The Morgan fingerprint density at radius 1 is 1.36 bits per heavy atom. The van der Waals surface area contributed by atoms with Crippen molar-refractivity contribution in [3.8, 4) is 0 Å². The van der Waals surface area contributed by atoms with Crippen LogP contribution in [0.1, 0.15) is 18.4 Å². The van der Waals surface area contributed by atoms with Crippen molar-refractivity contribution in [3.05, 3.63) is 33.8 Å². The number of likely N-dealkylation sites (N-methyl/N-ethyl adjacent to an activating group) is 1. The number of carbonyl (C=O) groups excluding carboxylic acids is 1. The van der Waals surface area contributed by atoms with Crippen molar-refractivity contribution in [2.24, 2.45) is 0 Å². The molecule has 2 rings (SSSR count). The van der Waals surface area contributed by atoms with Gasteiger partial charge in [0.15, 0.2) is 0 Å². The standard InChI is InChI=1S/C16H22Cl2N2O2/c1-19(2)10-14-15(21)4-3-7-20(14)16(22)9-11-5-6-12(17)13(18)8-11/h5-6,8,14-15,21H,3-4,7,9-10H2,1-2H3. The van der Waals surface area contributed by atoms with E-state index in [4.69, 9.17) is 23.2 Å². The van der Waals surface area contributed by atoms with Crippen LogP contribution in [0.15, 0.2) is 18.2 Å². The lowest BCUT2D eigenvalue weighted by Crippen LogP contribution is -2.55. The summed E-state index contributed by atoms with van der Waals surface area (Å²) in [7, 11) is 3.89. The summed E-state index contributed by atoms with van der Waals surface area (Å²) in [6, 6.07) is 5.09. The quantitative estimate of drug-likeness (QED) is 0.912. The van der Waals surface area contributed by atoms with Crippen LogP contribution in [0.2, 0.25) is 10.0 Å². The summed E-state index contributed by atoms with van der Waals surface area (Å²) in [5, 5.41) is 11.2. The van der Waals surface area contributed by atoms with Crippen molar-refractivity contribution in [2.75, 3.05) is 27.2 Å². The Morgan fingerprint density at radius 2 is 2.09 bits per heavy atom. The van der Waals surface area contributed by atoms with Crippen LogP contribution in [0, 0.1) is 0 Å². The lowest BCUT2D eigenvalue weighted by atomic mass is 9.97. The molecular weight excluding hydrogens is 323 g/mol. The Morgan fingerprint density at radius 3 is 2.73 bits per heavy atom. The topological polar surface area (TPSA) is 43.8 Å². The minimum Gasteiger partial charge on any atom is -0.391 e. The van der Waals surface area contributed by atoms with Crippen molar-refractivity contribution in [1.82, 2.24) is 9.80 Å². The second-order valence-corrected chi connectivity index (χ2v) is 6.87. The van der Waals surface area contributed by atoms with Gasteiger partial charge in [0.05, 0.1) is 28.6 Å². The zero-order valence-corrected chi connectivity index (χ0v) is 14.4. The maximum absolute atomic E-state index is 12.6. The summed E-state index contributed by atoms with van der Waals surface area (Å²) >= 11 is 11.9. The molecule has 2 atom stereocenters. The van der Waals surface area contributed by atoms with Gasteiger partial charge in [-0.15, -0.1) is 0 Å². The average molecular weight is 345 g/mol. The van der Waals surface area contributed by atoms with Crippen LogP contribution < -0.4 is 0 Å². The van der Waals surface area contributed by atoms with E-state index in [1.807, 2.05) is 25.1 Å². The average Bonchev–Trinajstić information content (AvgIpc) is 2.44. The molecule has 1 fully saturated rings. The van der Waals surface area contributed by atoms with Gasteiger partial charge < -0.3 is 14.9 Å². The van der Waals surface area contributed by atoms with Crippen LogP contribution >= 0.6 is 23.2 Å². The molecule has 0 spiro atoms. The number of aliphatic hydroxyl groups excluding tert-OH is 1. The number of amides is 1. The maximum atomic E-state index is 12.6. The molecule has 0 bridgehead atoms. The van der Waals surface area contributed by atoms with E-state index in [0.29, 0.717) is 23.1 Å². The summed E-state index contributed by atoms with van der Waals surface area (Å²) < 4.78 is 0. The minimum atomic E-state index is -0.464. The molecule has 122 valence electrons. The van der Waals surface area contributed by atoms with E-state index in [1.165, 1.54) is 0 Å². The van der Waals surface area contributed by atoms with Gasteiger partial charge in [-0.25, -0.2) is 0 Å². The Hall–Kier alpha value is -0.810. The molecule has 0 aliphatic carbocycles. The molecule has 1 heterocycles. The predicted molar refractivity (Wildman–Crippen MR) is 89.5 cm³/mol. The highest BCUT2D eigenvalue weighted by molar-refractivity contribution is 6.42. The van der Waals surface area contributed by atoms with Crippen molar-refractivity contribution in [3.63, 3.8) is 0 Å². The fourth-order valence-corrected chi connectivity index (χ4v) is 3.19. The van der Waals surface area contributed by atoms with Crippen LogP contribution in [0.4, 0.5) is 0 Å². The molecule has 1 amide bonds. The SMILES string of the molecule is CN(C)CC1C(O)CCCN1C(=O)Cc1ccc(Cl)c(Cl)c1. The Bertz CT molecular complexity index is 537. The van der Waals surface area contributed by atoms with Crippen LogP contribution in [0.3, 0.4) is 0 Å². The molecule has 2 unspecified atom stereocenters. The third kappa shape index (κ3) is 4.35. The Labute approximate surface area is 141 Å². The molecule has 1 aromatic carbocycles. The number of likely N-dealkylation sites (tertiary alicyclic amines) is 1. The zero-order valence-electron chi connectivity index (χ0n) is 12.9. The normalized spacial score (nSPS) is 22.2. The molecule has 1 saturated heterocycles. The molecule has 0 aromatic heterocycles. The monoisotopic (exact) mass is 344 g/mol. The van der Waals surface area contributed by atoms with Gasteiger partial charge in [-0.1, -0.05) is 29.3 Å². The number of rotatable bonds is 4. The van der Waals surface area contributed by atoms with Gasteiger partial charge in [-0.05, 0) is 44.6 Å². The molecule has 1 aliphatic rings. The van der Waals surface area contributed by atoms with Crippen molar-refractivity contribution < 1.29 is 9.90 Å². The summed E-state index contributed by atoms with van der Waals surface area (Å²) in [5.41, 5.74) is 0.836. The van der Waals surface area contributed by atoms with Crippen LogP contribution in [0.25, 0.3) is 0 Å². The number of carbonyl (C=O) groups is 1. The first kappa shape index (κ1) is 17.5. The van der Waals surface area contributed by atoms with E-state index < -0.39 is 6.10 Å². The second kappa shape index (κ2) is 7.64. The number of benzene rings is 1. The van der Waals surface area contributed by atoms with E-state index in [0.717, 1.165) is 18.4 Å². The fraction of sp³-hybridized carbons (Fsp3) is 0.562. The van der Waals surface area contributed by atoms with E-state index in [1.54, 1.807) is 17.0 Å². The molecular formula is C16H22Cl2N2O2. The van der Waals surface area contributed by atoms with Gasteiger partial charge in [0, 0.05) is 13.1 Å². The molecule has 0 saturated carbocycles. The van der Waals surface area contributed by atoms with Gasteiger partial charge in [0.1, 0.15) is 0 Å². The highest BCUT2D eigenvalue weighted by Gasteiger charge is 2.33. The Balaban J connectivity index is 2.09. The zero-order chi connectivity index (χ0) is 16.3. The summed E-state index contributed by atoms with van der Waals surface area (Å²) in [6.45, 7) is 1.35.